The number of methoxy groups -OCH3 is 1. The van der Waals surface area contributed by atoms with Gasteiger partial charge in [0, 0.05) is 24.2 Å². The second-order valence-electron chi connectivity index (χ2n) is 5.49. The van der Waals surface area contributed by atoms with Crippen molar-refractivity contribution < 1.29 is 19.4 Å². The summed E-state index contributed by atoms with van der Waals surface area (Å²) in [6, 6.07) is 9.06. The van der Waals surface area contributed by atoms with Gasteiger partial charge in [0.2, 0.25) is 0 Å². The topological polar surface area (TPSA) is 66.8 Å². The lowest BCUT2D eigenvalue weighted by atomic mass is 9.88. The van der Waals surface area contributed by atoms with Crippen LogP contribution < -0.4 is 0 Å². The fraction of sp³-hybridized carbons (Fsp3) is 0.294. The van der Waals surface area contributed by atoms with Crippen molar-refractivity contribution in [1.82, 2.24) is 4.90 Å². The molecule has 1 aromatic rings. The number of benzene rings is 1. The summed E-state index contributed by atoms with van der Waals surface area (Å²) in [6.07, 6.45) is 3.87. The van der Waals surface area contributed by atoms with Crippen LogP contribution in [0.5, 0.6) is 0 Å². The first-order valence-corrected chi connectivity index (χ1v) is 7.14. The first-order valence-electron chi connectivity index (χ1n) is 7.14. The molecule has 0 saturated heterocycles. The lowest BCUT2D eigenvalue weighted by Crippen LogP contribution is -2.39. The lowest BCUT2D eigenvalue weighted by molar-refractivity contribution is -0.157. The molecule has 5 heteroatoms. The molecule has 2 aliphatic rings. The minimum absolute atomic E-state index is 0.0706. The van der Waals surface area contributed by atoms with Gasteiger partial charge in [0.05, 0.1) is 7.11 Å². The smallest absolute Gasteiger partial charge is 0.342 e. The van der Waals surface area contributed by atoms with Crippen molar-refractivity contribution in [2.45, 2.75) is 18.4 Å². The standard InChI is InChI=1S/C17H17NO4/c1-22-16(20)17(21)9-7-14-13(11-17)8-10-18(14)15(19)12-5-3-2-4-6-12/h2-7,9,21H,8,10-11H2,1H3. The van der Waals surface area contributed by atoms with Crippen molar-refractivity contribution in [3.8, 4) is 0 Å². The van der Waals surface area contributed by atoms with E-state index in [-0.39, 0.29) is 12.3 Å². The van der Waals surface area contributed by atoms with Crippen molar-refractivity contribution in [1.29, 1.82) is 0 Å². The molecule has 1 unspecified atom stereocenters. The maximum Gasteiger partial charge on any atom is 0.342 e. The van der Waals surface area contributed by atoms with Crippen LogP contribution in [0.3, 0.4) is 0 Å². The van der Waals surface area contributed by atoms with E-state index in [0.29, 0.717) is 18.5 Å². The van der Waals surface area contributed by atoms with Gasteiger partial charge in [0.15, 0.2) is 5.60 Å². The SMILES string of the molecule is COC(=O)C1(O)C=CC2=C(CCN2C(=O)c2ccccc2)C1. The third-order valence-corrected chi connectivity index (χ3v) is 4.09. The van der Waals surface area contributed by atoms with Crippen molar-refractivity contribution in [2.75, 3.05) is 13.7 Å². The van der Waals surface area contributed by atoms with E-state index in [9.17, 15) is 14.7 Å². The van der Waals surface area contributed by atoms with E-state index in [2.05, 4.69) is 4.74 Å². The van der Waals surface area contributed by atoms with Gasteiger partial charge < -0.3 is 14.7 Å². The normalized spacial score (nSPS) is 23.5. The molecule has 5 nitrogen and oxygen atoms in total. The van der Waals surface area contributed by atoms with Crippen molar-refractivity contribution in [2.24, 2.45) is 0 Å². The zero-order valence-electron chi connectivity index (χ0n) is 12.3. The number of amides is 1. The Bertz CT molecular complexity index is 677. The monoisotopic (exact) mass is 299 g/mol. The summed E-state index contributed by atoms with van der Waals surface area (Å²) in [7, 11) is 1.25. The van der Waals surface area contributed by atoms with Crippen molar-refractivity contribution in [3.63, 3.8) is 0 Å². The van der Waals surface area contributed by atoms with Crippen molar-refractivity contribution >= 4 is 11.9 Å². The van der Waals surface area contributed by atoms with E-state index in [1.807, 2.05) is 18.2 Å². The number of hydrogen-bond acceptors (Lipinski definition) is 4. The van der Waals surface area contributed by atoms with Crippen LogP contribution >= 0.6 is 0 Å². The molecule has 1 atom stereocenters. The molecule has 0 bridgehead atoms. The van der Waals surface area contributed by atoms with Gasteiger partial charge in [0.1, 0.15) is 0 Å². The third kappa shape index (κ3) is 2.33. The van der Waals surface area contributed by atoms with Crippen molar-refractivity contribution in [3.05, 3.63) is 59.3 Å². The van der Waals surface area contributed by atoms with E-state index in [0.717, 1.165) is 11.3 Å². The maximum atomic E-state index is 12.6. The second-order valence-corrected chi connectivity index (χ2v) is 5.49. The van der Waals surface area contributed by atoms with Crippen LogP contribution in [-0.4, -0.2) is 41.1 Å². The Hall–Kier alpha value is -2.40. The Labute approximate surface area is 128 Å². The van der Waals surface area contributed by atoms with Crippen LogP contribution in [0.2, 0.25) is 0 Å². The summed E-state index contributed by atoms with van der Waals surface area (Å²) in [6.45, 7) is 0.556. The molecule has 1 aliphatic heterocycles. The van der Waals surface area contributed by atoms with Gasteiger partial charge in [-0.15, -0.1) is 0 Å². The maximum absolute atomic E-state index is 12.6. The zero-order valence-corrected chi connectivity index (χ0v) is 12.3. The minimum atomic E-state index is -1.63. The molecule has 0 spiro atoms. The molecule has 114 valence electrons. The second kappa shape index (κ2) is 5.42. The highest BCUT2D eigenvalue weighted by atomic mass is 16.5. The van der Waals surface area contributed by atoms with Crippen LogP contribution in [0.4, 0.5) is 0 Å². The van der Waals surface area contributed by atoms with Gasteiger partial charge >= 0.3 is 5.97 Å². The van der Waals surface area contributed by atoms with Gasteiger partial charge in [-0.2, -0.15) is 0 Å². The predicted octanol–water partition coefficient (Wildman–Crippen LogP) is 1.65. The Balaban J connectivity index is 1.84. The molecule has 0 saturated carbocycles. The molecule has 1 N–H and O–H groups in total. The summed E-state index contributed by atoms with van der Waals surface area (Å²) < 4.78 is 4.64. The summed E-state index contributed by atoms with van der Waals surface area (Å²) in [5, 5.41) is 10.3. The lowest BCUT2D eigenvalue weighted by Gasteiger charge is -2.27. The summed E-state index contributed by atoms with van der Waals surface area (Å²) >= 11 is 0. The van der Waals surface area contributed by atoms with Gasteiger partial charge in [-0.05, 0) is 36.3 Å². The molecule has 1 aromatic carbocycles. The van der Waals surface area contributed by atoms with Gasteiger partial charge in [-0.25, -0.2) is 4.79 Å². The number of ether oxygens (including phenoxy) is 1. The Morgan fingerprint density at radius 2 is 2.00 bits per heavy atom. The highest BCUT2D eigenvalue weighted by Gasteiger charge is 2.41. The number of nitrogens with zero attached hydrogens (tertiary/aromatic N) is 1. The van der Waals surface area contributed by atoms with Crippen LogP contribution in [0.15, 0.2) is 53.8 Å². The number of allylic oxidation sites excluding steroid dienone is 1. The molecule has 1 aliphatic carbocycles. The quantitative estimate of drug-likeness (QED) is 0.843. The molecule has 0 fully saturated rings. The molecule has 0 aromatic heterocycles. The molecular weight excluding hydrogens is 282 g/mol. The molecule has 0 radical (unpaired) electrons. The number of carbonyl (C=O) groups excluding carboxylic acids is 2. The zero-order chi connectivity index (χ0) is 15.7. The van der Waals surface area contributed by atoms with Crippen LogP contribution in [0.25, 0.3) is 0 Å². The number of aliphatic hydroxyl groups is 1. The Morgan fingerprint density at radius 1 is 1.27 bits per heavy atom. The van der Waals surface area contributed by atoms with E-state index < -0.39 is 11.6 Å². The summed E-state index contributed by atoms with van der Waals surface area (Å²) in [5.41, 5.74) is 0.680. The number of esters is 1. The van der Waals surface area contributed by atoms with Crippen LogP contribution in [0.1, 0.15) is 23.2 Å². The first-order chi connectivity index (χ1) is 10.5. The van der Waals surface area contributed by atoms with Crippen LogP contribution in [0, 0.1) is 0 Å². The van der Waals surface area contributed by atoms with E-state index in [1.165, 1.54) is 13.2 Å². The van der Waals surface area contributed by atoms with E-state index in [4.69, 9.17) is 0 Å². The van der Waals surface area contributed by atoms with E-state index in [1.54, 1.807) is 23.1 Å². The van der Waals surface area contributed by atoms with Gasteiger partial charge in [-0.1, -0.05) is 18.2 Å². The minimum Gasteiger partial charge on any atom is -0.467 e. The van der Waals surface area contributed by atoms with E-state index >= 15 is 0 Å². The average Bonchev–Trinajstić information content (AvgIpc) is 2.96. The third-order valence-electron chi connectivity index (χ3n) is 4.09. The number of carbonyl (C=O) groups is 2. The summed E-state index contributed by atoms with van der Waals surface area (Å²) in [5.74, 6) is -0.748. The Morgan fingerprint density at radius 3 is 2.68 bits per heavy atom. The fourth-order valence-corrected chi connectivity index (χ4v) is 2.94. The molecule has 1 amide bonds. The molecule has 1 heterocycles. The average molecular weight is 299 g/mol. The highest BCUT2D eigenvalue weighted by Crippen LogP contribution is 2.36. The first kappa shape index (κ1) is 14.5. The highest BCUT2D eigenvalue weighted by molar-refractivity contribution is 5.96. The molecule has 22 heavy (non-hydrogen) atoms. The summed E-state index contributed by atoms with van der Waals surface area (Å²) in [4.78, 5) is 25.9. The van der Waals surface area contributed by atoms with Gasteiger partial charge in [-0.3, -0.25) is 4.79 Å². The molecular formula is C17H17NO4. The predicted molar refractivity (Wildman–Crippen MR) is 79.8 cm³/mol. The molecule has 3 rings (SSSR count). The van der Waals surface area contributed by atoms with Gasteiger partial charge in [0.25, 0.3) is 5.91 Å². The number of rotatable bonds is 2. The fourth-order valence-electron chi connectivity index (χ4n) is 2.94. The largest absolute Gasteiger partial charge is 0.467 e. The Kier molecular flexibility index (Phi) is 3.58. The van der Waals surface area contributed by atoms with Crippen LogP contribution in [-0.2, 0) is 9.53 Å². The number of hydrogen-bond donors (Lipinski definition) is 1.